The summed E-state index contributed by atoms with van der Waals surface area (Å²) in [4.78, 5) is 11.0. The molecule has 2 rings (SSSR count). The second kappa shape index (κ2) is 5.05. The molecule has 0 aliphatic rings. The van der Waals surface area contributed by atoms with E-state index in [9.17, 15) is 4.79 Å². The number of benzene rings is 1. The summed E-state index contributed by atoms with van der Waals surface area (Å²) in [7, 11) is 3.30. The molecule has 5 nitrogen and oxygen atoms in total. The van der Waals surface area contributed by atoms with Crippen LogP contribution >= 0.6 is 15.9 Å². The lowest BCUT2D eigenvalue weighted by atomic mass is 10.0. The minimum Gasteiger partial charge on any atom is -0.496 e. The van der Waals surface area contributed by atoms with E-state index in [2.05, 4.69) is 21.0 Å². The third kappa shape index (κ3) is 2.35. The van der Waals surface area contributed by atoms with E-state index in [1.165, 1.54) is 0 Å². The molecule has 1 N–H and O–H groups in total. The summed E-state index contributed by atoms with van der Waals surface area (Å²) in [5, 5.41) is 13.0. The maximum absolute atomic E-state index is 11.0. The first-order valence-corrected chi connectivity index (χ1v) is 6.35. The quantitative estimate of drug-likeness (QED) is 0.942. The SMILES string of the molecule is COc1ccc(C)c(-c2cc(C(=O)O)nn2C)c1Br. The van der Waals surface area contributed by atoms with Crippen LogP contribution in [-0.4, -0.2) is 28.0 Å². The van der Waals surface area contributed by atoms with Gasteiger partial charge in [-0.05, 0) is 40.5 Å². The smallest absolute Gasteiger partial charge is 0.356 e. The van der Waals surface area contributed by atoms with Crippen LogP contribution in [0.2, 0.25) is 0 Å². The molecule has 6 heteroatoms. The van der Waals surface area contributed by atoms with Gasteiger partial charge in [-0.2, -0.15) is 5.10 Å². The molecule has 19 heavy (non-hydrogen) atoms. The first-order valence-electron chi connectivity index (χ1n) is 5.56. The second-order valence-corrected chi connectivity index (χ2v) is 4.91. The Kier molecular flexibility index (Phi) is 3.61. The molecule has 0 spiro atoms. The van der Waals surface area contributed by atoms with E-state index < -0.39 is 5.97 Å². The van der Waals surface area contributed by atoms with Crippen LogP contribution < -0.4 is 4.74 Å². The predicted molar refractivity (Wildman–Crippen MR) is 74.6 cm³/mol. The number of carbonyl (C=O) groups is 1. The van der Waals surface area contributed by atoms with E-state index in [1.807, 2.05) is 19.1 Å². The number of halogens is 1. The van der Waals surface area contributed by atoms with Crippen molar-refractivity contribution in [2.75, 3.05) is 7.11 Å². The van der Waals surface area contributed by atoms with Crippen LogP contribution in [-0.2, 0) is 7.05 Å². The van der Waals surface area contributed by atoms with Crippen molar-refractivity contribution in [2.45, 2.75) is 6.92 Å². The zero-order chi connectivity index (χ0) is 14.2. The minimum absolute atomic E-state index is 0.0200. The first-order chi connectivity index (χ1) is 8.95. The molecule has 0 radical (unpaired) electrons. The first kappa shape index (κ1) is 13.6. The van der Waals surface area contributed by atoms with E-state index in [-0.39, 0.29) is 5.69 Å². The Balaban J connectivity index is 2.68. The number of methoxy groups -OCH3 is 1. The number of hydrogen-bond acceptors (Lipinski definition) is 3. The number of hydrogen-bond donors (Lipinski definition) is 1. The van der Waals surface area contributed by atoms with Gasteiger partial charge < -0.3 is 9.84 Å². The summed E-state index contributed by atoms with van der Waals surface area (Å²) in [5.41, 5.74) is 2.63. The van der Waals surface area contributed by atoms with Crippen molar-refractivity contribution in [3.8, 4) is 17.0 Å². The van der Waals surface area contributed by atoms with Gasteiger partial charge in [-0.1, -0.05) is 6.07 Å². The van der Waals surface area contributed by atoms with Gasteiger partial charge in [0.1, 0.15) is 5.75 Å². The van der Waals surface area contributed by atoms with Crippen LogP contribution in [0.1, 0.15) is 16.1 Å². The van der Waals surface area contributed by atoms with Gasteiger partial charge in [0.15, 0.2) is 5.69 Å². The van der Waals surface area contributed by atoms with Gasteiger partial charge in [0.25, 0.3) is 0 Å². The van der Waals surface area contributed by atoms with Gasteiger partial charge in [-0.15, -0.1) is 0 Å². The molecule has 0 aliphatic heterocycles. The summed E-state index contributed by atoms with van der Waals surface area (Å²) in [5.74, 6) is -0.350. The lowest BCUT2D eigenvalue weighted by Crippen LogP contribution is -2.00. The lowest BCUT2D eigenvalue weighted by Gasteiger charge is -2.12. The third-order valence-corrected chi connectivity index (χ3v) is 3.68. The van der Waals surface area contributed by atoms with E-state index in [0.29, 0.717) is 5.75 Å². The average Bonchev–Trinajstić information content (AvgIpc) is 2.72. The fraction of sp³-hybridized carbons (Fsp3) is 0.231. The molecule has 0 unspecified atom stereocenters. The van der Waals surface area contributed by atoms with E-state index >= 15 is 0 Å². The number of ether oxygens (including phenoxy) is 1. The van der Waals surface area contributed by atoms with Crippen molar-refractivity contribution < 1.29 is 14.6 Å². The summed E-state index contributed by atoms with van der Waals surface area (Å²) >= 11 is 3.50. The van der Waals surface area contributed by atoms with Gasteiger partial charge in [-0.3, -0.25) is 4.68 Å². The maximum Gasteiger partial charge on any atom is 0.356 e. The van der Waals surface area contributed by atoms with Gasteiger partial charge in [0.05, 0.1) is 17.3 Å². The Hall–Kier alpha value is -1.82. The summed E-state index contributed by atoms with van der Waals surface area (Å²) < 4.78 is 7.60. The van der Waals surface area contributed by atoms with Gasteiger partial charge >= 0.3 is 5.97 Å². The number of aromatic carboxylic acids is 1. The molecule has 0 saturated heterocycles. The fourth-order valence-electron chi connectivity index (χ4n) is 1.93. The topological polar surface area (TPSA) is 64.3 Å². The van der Waals surface area contributed by atoms with Gasteiger partial charge in [0.2, 0.25) is 0 Å². The highest BCUT2D eigenvalue weighted by Gasteiger charge is 2.18. The van der Waals surface area contributed by atoms with Crippen LogP contribution in [0, 0.1) is 6.92 Å². The molecule has 2 aromatic rings. The van der Waals surface area contributed by atoms with Gasteiger partial charge in [0, 0.05) is 12.6 Å². The molecular formula is C13H13BrN2O3. The predicted octanol–water partition coefficient (Wildman–Crippen LogP) is 2.86. The molecule has 0 fully saturated rings. The minimum atomic E-state index is -1.04. The molecule has 0 atom stereocenters. The van der Waals surface area contributed by atoms with Crippen LogP contribution in [0.25, 0.3) is 11.3 Å². The number of carboxylic acid groups (broad SMARTS) is 1. The number of nitrogens with zero attached hydrogens (tertiary/aromatic N) is 2. The van der Waals surface area contributed by atoms with Crippen LogP contribution in [0.3, 0.4) is 0 Å². The number of aryl methyl sites for hydroxylation is 2. The third-order valence-electron chi connectivity index (χ3n) is 2.89. The normalized spacial score (nSPS) is 10.5. The molecule has 100 valence electrons. The summed E-state index contributed by atoms with van der Waals surface area (Å²) in [6.45, 7) is 1.95. The Bertz CT molecular complexity index is 650. The molecule has 1 heterocycles. The molecule has 0 aliphatic carbocycles. The van der Waals surface area contributed by atoms with Crippen LogP contribution in [0.5, 0.6) is 5.75 Å². The zero-order valence-electron chi connectivity index (χ0n) is 10.8. The highest BCUT2D eigenvalue weighted by Crippen LogP contribution is 2.38. The highest BCUT2D eigenvalue weighted by atomic mass is 79.9. The Morgan fingerprint density at radius 2 is 2.16 bits per heavy atom. The molecule has 0 amide bonds. The van der Waals surface area contributed by atoms with Crippen molar-refractivity contribution >= 4 is 21.9 Å². The molecular weight excluding hydrogens is 312 g/mol. The van der Waals surface area contributed by atoms with Crippen molar-refractivity contribution in [2.24, 2.45) is 7.05 Å². The second-order valence-electron chi connectivity index (χ2n) is 4.12. The average molecular weight is 325 g/mol. The molecule has 1 aromatic carbocycles. The standard InChI is InChI=1S/C13H13BrN2O3/c1-7-4-5-10(19-3)12(14)11(7)9-6-8(13(17)18)15-16(9)2/h4-6H,1-3H3,(H,17,18). The van der Waals surface area contributed by atoms with Crippen molar-refractivity contribution in [3.05, 3.63) is 33.9 Å². The van der Waals surface area contributed by atoms with Crippen LogP contribution in [0.15, 0.2) is 22.7 Å². The van der Waals surface area contributed by atoms with E-state index in [1.54, 1.807) is 24.9 Å². The summed E-state index contributed by atoms with van der Waals surface area (Å²) in [6.07, 6.45) is 0. The van der Waals surface area contributed by atoms with Crippen molar-refractivity contribution in [3.63, 3.8) is 0 Å². The summed E-state index contributed by atoms with van der Waals surface area (Å²) in [6, 6.07) is 5.33. The number of aromatic nitrogens is 2. The monoisotopic (exact) mass is 324 g/mol. The zero-order valence-corrected chi connectivity index (χ0v) is 12.4. The van der Waals surface area contributed by atoms with E-state index in [0.717, 1.165) is 21.3 Å². The lowest BCUT2D eigenvalue weighted by molar-refractivity contribution is 0.0689. The van der Waals surface area contributed by atoms with Crippen molar-refractivity contribution in [1.29, 1.82) is 0 Å². The number of rotatable bonds is 3. The van der Waals surface area contributed by atoms with E-state index in [4.69, 9.17) is 9.84 Å². The molecule has 0 saturated carbocycles. The Labute approximate surface area is 118 Å². The maximum atomic E-state index is 11.0. The Morgan fingerprint density at radius 1 is 1.47 bits per heavy atom. The van der Waals surface area contributed by atoms with Gasteiger partial charge in [-0.25, -0.2) is 4.79 Å². The fourth-order valence-corrected chi connectivity index (χ4v) is 2.74. The number of carboxylic acids is 1. The van der Waals surface area contributed by atoms with Crippen molar-refractivity contribution in [1.82, 2.24) is 9.78 Å². The largest absolute Gasteiger partial charge is 0.496 e. The Morgan fingerprint density at radius 3 is 2.68 bits per heavy atom. The van der Waals surface area contributed by atoms with Crippen LogP contribution in [0.4, 0.5) is 0 Å². The molecule has 1 aromatic heterocycles. The molecule has 0 bridgehead atoms. The highest BCUT2D eigenvalue weighted by molar-refractivity contribution is 9.10.